The van der Waals surface area contributed by atoms with E-state index in [1.54, 1.807) is 0 Å². The average molecular weight is 253 g/mol. The molecule has 0 aliphatic heterocycles. The van der Waals surface area contributed by atoms with Crippen molar-refractivity contribution in [3.63, 3.8) is 0 Å². The summed E-state index contributed by atoms with van der Waals surface area (Å²) in [5.41, 5.74) is 2.54. The van der Waals surface area contributed by atoms with Crippen LogP contribution in [0.4, 0.5) is 0 Å². The van der Waals surface area contributed by atoms with Crippen molar-refractivity contribution in [1.29, 1.82) is 0 Å². The minimum atomic E-state index is 0.228. The van der Waals surface area contributed by atoms with Gasteiger partial charge in [0.2, 0.25) is 0 Å². The number of imidazole rings is 1. The van der Waals surface area contributed by atoms with Crippen molar-refractivity contribution in [2.75, 3.05) is 0 Å². The number of rotatable bonds is 3. The van der Waals surface area contributed by atoms with Crippen LogP contribution < -0.4 is 0 Å². The van der Waals surface area contributed by atoms with E-state index in [1.165, 1.54) is 5.69 Å². The Bertz CT molecular complexity index is 421. The molecule has 1 aliphatic carbocycles. The number of allylic oxidation sites excluding steroid dienone is 1. The summed E-state index contributed by atoms with van der Waals surface area (Å²) in [6.07, 6.45) is 5.56. The topological polar surface area (TPSA) is 28.7 Å². The third-order valence-electron chi connectivity index (χ3n) is 4.17. The highest BCUT2D eigenvalue weighted by atomic mass is 35.5. The van der Waals surface area contributed by atoms with E-state index in [4.69, 9.17) is 11.6 Å². The standard InChI is InChI=1S/C14H21ClN2/c1-9(2)14(10(3)4)6-5-11-12(7-14)17-13(8-15)16-11/h5-6,9-10H,7-8H2,1-4H3,(H,16,17). The average Bonchev–Trinajstić information content (AvgIpc) is 2.69. The Balaban J connectivity index is 2.39. The number of nitrogens with zero attached hydrogens (tertiary/aromatic N) is 1. The first kappa shape index (κ1) is 12.7. The Labute approximate surface area is 108 Å². The minimum Gasteiger partial charge on any atom is -0.341 e. The van der Waals surface area contributed by atoms with Gasteiger partial charge in [0.15, 0.2) is 0 Å². The zero-order valence-electron chi connectivity index (χ0n) is 11.0. The molecular weight excluding hydrogens is 232 g/mol. The van der Waals surface area contributed by atoms with Gasteiger partial charge in [0.25, 0.3) is 0 Å². The van der Waals surface area contributed by atoms with Crippen LogP contribution in [0.3, 0.4) is 0 Å². The van der Waals surface area contributed by atoms with E-state index in [1.807, 2.05) is 0 Å². The van der Waals surface area contributed by atoms with Crippen LogP contribution >= 0.6 is 11.6 Å². The van der Waals surface area contributed by atoms with E-state index in [2.05, 4.69) is 49.8 Å². The molecule has 1 aromatic rings. The fourth-order valence-electron chi connectivity index (χ4n) is 2.86. The second-order valence-corrected chi connectivity index (χ2v) is 5.88. The van der Waals surface area contributed by atoms with Gasteiger partial charge in [0.05, 0.1) is 17.3 Å². The Morgan fingerprint density at radius 3 is 2.53 bits per heavy atom. The maximum atomic E-state index is 5.82. The van der Waals surface area contributed by atoms with E-state index >= 15 is 0 Å². The highest BCUT2D eigenvalue weighted by Crippen LogP contribution is 2.43. The summed E-state index contributed by atoms with van der Waals surface area (Å²) >= 11 is 5.82. The van der Waals surface area contributed by atoms with Crippen LogP contribution in [0.15, 0.2) is 6.08 Å². The molecule has 0 radical (unpaired) electrons. The van der Waals surface area contributed by atoms with Crippen molar-refractivity contribution in [1.82, 2.24) is 9.97 Å². The summed E-state index contributed by atoms with van der Waals surface area (Å²) in [6, 6.07) is 0. The lowest BCUT2D eigenvalue weighted by Gasteiger charge is -2.40. The molecule has 3 heteroatoms. The van der Waals surface area contributed by atoms with E-state index in [0.717, 1.165) is 17.9 Å². The summed E-state index contributed by atoms with van der Waals surface area (Å²) in [5, 5.41) is 0. The first-order chi connectivity index (χ1) is 7.99. The maximum absolute atomic E-state index is 5.82. The predicted molar refractivity (Wildman–Crippen MR) is 73.0 cm³/mol. The van der Waals surface area contributed by atoms with Gasteiger partial charge in [0, 0.05) is 6.42 Å². The second kappa shape index (κ2) is 4.49. The van der Waals surface area contributed by atoms with Crippen LogP contribution in [0.5, 0.6) is 0 Å². The molecule has 17 heavy (non-hydrogen) atoms. The van der Waals surface area contributed by atoms with E-state index in [-0.39, 0.29) is 5.41 Å². The van der Waals surface area contributed by atoms with Gasteiger partial charge in [-0.15, -0.1) is 11.6 Å². The first-order valence-corrected chi connectivity index (χ1v) is 6.86. The lowest BCUT2D eigenvalue weighted by atomic mass is 9.64. The number of aromatic nitrogens is 2. The Kier molecular flexibility index (Phi) is 3.35. The number of aromatic amines is 1. The minimum absolute atomic E-state index is 0.228. The van der Waals surface area contributed by atoms with Gasteiger partial charge in [-0.2, -0.15) is 0 Å². The van der Waals surface area contributed by atoms with Gasteiger partial charge in [-0.3, -0.25) is 0 Å². The molecule has 0 unspecified atom stereocenters. The Morgan fingerprint density at radius 1 is 1.35 bits per heavy atom. The molecule has 2 rings (SSSR count). The van der Waals surface area contributed by atoms with Gasteiger partial charge >= 0.3 is 0 Å². The Hall–Kier alpha value is -0.760. The second-order valence-electron chi connectivity index (χ2n) is 5.61. The fraction of sp³-hybridized carbons (Fsp3) is 0.643. The molecule has 0 aromatic carbocycles. The monoisotopic (exact) mass is 252 g/mol. The molecule has 0 fully saturated rings. The number of nitrogens with one attached hydrogen (secondary N) is 1. The van der Waals surface area contributed by atoms with Crippen molar-refractivity contribution < 1.29 is 0 Å². The highest BCUT2D eigenvalue weighted by Gasteiger charge is 2.38. The number of hydrogen-bond donors (Lipinski definition) is 1. The molecule has 94 valence electrons. The largest absolute Gasteiger partial charge is 0.341 e. The van der Waals surface area contributed by atoms with Gasteiger partial charge in [0.1, 0.15) is 5.82 Å². The quantitative estimate of drug-likeness (QED) is 0.809. The lowest BCUT2D eigenvalue weighted by molar-refractivity contribution is 0.175. The highest BCUT2D eigenvalue weighted by molar-refractivity contribution is 6.16. The molecule has 0 amide bonds. The summed E-state index contributed by atoms with van der Waals surface area (Å²) in [6.45, 7) is 9.18. The number of H-pyrrole nitrogens is 1. The fourth-order valence-corrected chi connectivity index (χ4v) is 2.99. The van der Waals surface area contributed by atoms with Crippen LogP contribution in [0, 0.1) is 17.3 Å². The molecular formula is C14H21ClN2. The van der Waals surface area contributed by atoms with E-state index in [9.17, 15) is 0 Å². The zero-order valence-corrected chi connectivity index (χ0v) is 11.8. The molecule has 0 atom stereocenters. The van der Waals surface area contributed by atoms with Crippen LogP contribution in [-0.4, -0.2) is 9.97 Å². The Morgan fingerprint density at radius 2 is 2.00 bits per heavy atom. The first-order valence-electron chi connectivity index (χ1n) is 6.32. The number of fused-ring (bicyclic) bond motifs is 1. The zero-order chi connectivity index (χ0) is 12.6. The van der Waals surface area contributed by atoms with Gasteiger partial charge in [-0.25, -0.2) is 4.98 Å². The SMILES string of the molecule is CC(C)C1(C(C)C)C=Cc2[nH]c(CCl)nc2C1. The summed E-state index contributed by atoms with van der Waals surface area (Å²) < 4.78 is 0. The molecule has 1 N–H and O–H groups in total. The molecule has 0 bridgehead atoms. The smallest absolute Gasteiger partial charge is 0.121 e. The number of alkyl halides is 1. The van der Waals surface area contributed by atoms with Gasteiger partial charge < -0.3 is 4.98 Å². The van der Waals surface area contributed by atoms with Gasteiger partial charge in [-0.1, -0.05) is 33.8 Å². The van der Waals surface area contributed by atoms with Gasteiger partial charge in [-0.05, 0) is 23.3 Å². The molecule has 2 nitrogen and oxygen atoms in total. The number of hydrogen-bond acceptors (Lipinski definition) is 1. The number of halogens is 1. The van der Waals surface area contributed by atoms with Crippen LogP contribution in [0.25, 0.3) is 6.08 Å². The van der Waals surface area contributed by atoms with Crippen molar-refractivity contribution in [3.05, 3.63) is 23.3 Å². The summed E-state index contributed by atoms with van der Waals surface area (Å²) in [5.74, 6) is 2.56. The van der Waals surface area contributed by atoms with E-state index in [0.29, 0.717) is 17.7 Å². The maximum Gasteiger partial charge on any atom is 0.121 e. The van der Waals surface area contributed by atoms with Crippen molar-refractivity contribution in [2.45, 2.75) is 40.0 Å². The molecule has 0 saturated heterocycles. The van der Waals surface area contributed by atoms with Crippen molar-refractivity contribution >= 4 is 17.7 Å². The summed E-state index contributed by atoms with van der Waals surface area (Å²) in [7, 11) is 0. The van der Waals surface area contributed by atoms with Crippen LogP contribution in [0.2, 0.25) is 0 Å². The molecule has 0 saturated carbocycles. The lowest BCUT2D eigenvalue weighted by Crippen LogP contribution is -2.35. The predicted octanol–water partition coefficient (Wildman–Crippen LogP) is 4.02. The van der Waals surface area contributed by atoms with Crippen LogP contribution in [-0.2, 0) is 12.3 Å². The molecule has 1 aliphatic rings. The van der Waals surface area contributed by atoms with Crippen molar-refractivity contribution in [3.8, 4) is 0 Å². The summed E-state index contributed by atoms with van der Waals surface area (Å²) in [4.78, 5) is 7.86. The third-order valence-corrected chi connectivity index (χ3v) is 4.42. The molecule has 1 aromatic heterocycles. The molecule has 1 heterocycles. The van der Waals surface area contributed by atoms with E-state index < -0.39 is 0 Å². The van der Waals surface area contributed by atoms with Crippen LogP contribution in [0.1, 0.15) is 44.9 Å². The third kappa shape index (κ3) is 2.03. The van der Waals surface area contributed by atoms with Crippen molar-refractivity contribution in [2.24, 2.45) is 17.3 Å². The molecule has 0 spiro atoms. The normalized spacial score (nSPS) is 17.8.